The van der Waals surface area contributed by atoms with E-state index in [1.54, 1.807) is 0 Å². The van der Waals surface area contributed by atoms with Crippen molar-refractivity contribution in [3.8, 4) is 0 Å². The van der Waals surface area contributed by atoms with Gasteiger partial charge in [0.1, 0.15) is 0 Å². The average Bonchev–Trinajstić information content (AvgIpc) is 2.33. The highest BCUT2D eigenvalue weighted by molar-refractivity contribution is 5.22. The van der Waals surface area contributed by atoms with Gasteiger partial charge in [-0.25, -0.2) is 0 Å². The quantitative estimate of drug-likeness (QED) is 0.543. The van der Waals surface area contributed by atoms with Crippen molar-refractivity contribution >= 4 is 0 Å². The molecule has 0 aromatic heterocycles. The second-order valence-corrected chi connectivity index (χ2v) is 2.85. The zero-order chi connectivity index (χ0) is 6.97. The molecule has 1 heterocycles. The van der Waals surface area contributed by atoms with Crippen LogP contribution >= 0.6 is 0 Å². The van der Waals surface area contributed by atoms with Crippen molar-refractivity contribution in [2.75, 3.05) is 6.61 Å². The topological polar surface area (TPSA) is 35.2 Å². The summed E-state index contributed by atoms with van der Waals surface area (Å²) < 4.78 is 5.37. The Hall–Kier alpha value is -0.920. The summed E-state index contributed by atoms with van der Waals surface area (Å²) in [5.41, 5.74) is 6.64. The number of fused-ring (bicyclic) bond motifs is 1. The Balaban J connectivity index is 2.22. The van der Waals surface area contributed by atoms with Gasteiger partial charge in [0.25, 0.3) is 0 Å². The molecule has 0 saturated carbocycles. The molecule has 0 aromatic carbocycles. The summed E-state index contributed by atoms with van der Waals surface area (Å²) in [5.74, 6) is 1.72. The Bertz CT molecular complexity index is 205. The van der Waals surface area contributed by atoms with E-state index in [1.165, 1.54) is 0 Å². The molecular formula is C8H11NO. The van der Waals surface area contributed by atoms with Gasteiger partial charge >= 0.3 is 0 Å². The molecule has 0 bridgehead atoms. The minimum atomic E-state index is 0.588. The van der Waals surface area contributed by atoms with E-state index in [1.807, 2.05) is 12.2 Å². The highest BCUT2D eigenvalue weighted by Crippen LogP contribution is 2.31. The maximum absolute atomic E-state index is 5.65. The van der Waals surface area contributed by atoms with Crippen molar-refractivity contribution in [3.05, 3.63) is 23.6 Å². The van der Waals surface area contributed by atoms with Crippen LogP contribution in [0.5, 0.6) is 0 Å². The normalized spacial score (nSPS) is 30.2. The molecule has 2 N–H and O–H groups in total. The first-order chi connectivity index (χ1) is 4.86. The lowest BCUT2D eigenvalue weighted by molar-refractivity contribution is 0.258. The van der Waals surface area contributed by atoms with Gasteiger partial charge in [0.15, 0.2) is 0 Å². The number of hydrogen-bond donors (Lipinski definition) is 1. The molecule has 1 saturated heterocycles. The van der Waals surface area contributed by atoms with Crippen molar-refractivity contribution in [3.63, 3.8) is 0 Å². The molecule has 2 nitrogen and oxygen atoms in total. The second-order valence-electron chi connectivity index (χ2n) is 2.85. The van der Waals surface area contributed by atoms with Crippen LogP contribution in [-0.2, 0) is 4.74 Å². The Labute approximate surface area is 60.4 Å². The zero-order valence-electron chi connectivity index (χ0n) is 5.84. The zero-order valence-corrected chi connectivity index (χ0v) is 5.84. The standard InChI is InChI=1S/C8H11NO/c9-7-1-2-8-6(5-7)3-4-10-8/h1-2,6H,3-5,9H2. The third-order valence-electron chi connectivity index (χ3n) is 2.08. The molecule has 0 amide bonds. The Morgan fingerprint density at radius 1 is 1.50 bits per heavy atom. The third kappa shape index (κ3) is 0.801. The number of nitrogens with two attached hydrogens (primary N) is 1. The molecule has 1 aliphatic heterocycles. The van der Waals surface area contributed by atoms with E-state index in [4.69, 9.17) is 10.5 Å². The Kier molecular flexibility index (Phi) is 1.19. The monoisotopic (exact) mass is 137 g/mol. The maximum Gasteiger partial charge on any atom is 0.0996 e. The fourth-order valence-corrected chi connectivity index (χ4v) is 1.51. The van der Waals surface area contributed by atoms with Gasteiger partial charge in [-0.05, 0) is 25.0 Å². The fourth-order valence-electron chi connectivity index (χ4n) is 1.51. The van der Waals surface area contributed by atoms with Crippen LogP contribution in [0.25, 0.3) is 0 Å². The van der Waals surface area contributed by atoms with Gasteiger partial charge < -0.3 is 10.5 Å². The number of ether oxygens (including phenoxy) is 1. The van der Waals surface area contributed by atoms with E-state index in [0.717, 1.165) is 30.9 Å². The predicted octanol–water partition coefficient (Wildman–Crippen LogP) is 1.15. The van der Waals surface area contributed by atoms with E-state index in [9.17, 15) is 0 Å². The summed E-state index contributed by atoms with van der Waals surface area (Å²) in [4.78, 5) is 0. The molecule has 2 aliphatic rings. The van der Waals surface area contributed by atoms with Crippen LogP contribution in [0.3, 0.4) is 0 Å². The molecule has 2 rings (SSSR count). The Morgan fingerprint density at radius 2 is 2.40 bits per heavy atom. The molecule has 0 spiro atoms. The molecule has 54 valence electrons. The van der Waals surface area contributed by atoms with Crippen LogP contribution in [0, 0.1) is 5.92 Å². The van der Waals surface area contributed by atoms with E-state index in [-0.39, 0.29) is 0 Å². The highest BCUT2D eigenvalue weighted by atomic mass is 16.5. The second kappa shape index (κ2) is 2.04. The van der Waals surface area contributed by atoms with Gasteiger partial charge in [0.2, 0.25) is 0 Å². The Morgan fingerprint density at radius 3 is 3.30 bits per heavy atom. The summed E-state index contributed by atoms with van der Waals surface area (Å²) in [7, 11) is 0. The molecule has 1 aliphatic carbocycles. The molecule has 1 fully saturated rings. The number of hydrogen-bond acceptors (Lipinski definition) is 2. The van der Waals surface area contributed by atoms with Gasteiger partial charge in [-0.2, -0.15) is 0 Å². The molecule has 0 aromatic rings. The van der Waals surface area contributed by atoms with E-state index in [2.05, 4.69) is 0 Å². The first kappa shape index (κ1) is 5.83. The van der Waals surface area contributed by atoms with E-state index >= 15 is 0 Å². The average molecular weight is 137 g/mol. The maximum atomic E-state index is 5.65. The summed E-state index contributed by atoms with van der Waals surface area (Å²) in [6.45, 7) is 0.873. The highest BCUT2D eigenvalue weighted by Gasteiger charge is 2.24. The van der Waals surface area contributed by atoms with Crippen LogP contribution in [0.15, 0.2) is 23.6 Å². The lowest BCUT2D eigenvalue weighted by Crippen LogP contribution is -2.09. The third-order valence-corrected chi connectivity index (χ3v) is 2.08. The summed E-state index contributed by atoms with van der Waals surface area (Å²) >= 11 is 0. The number of allylic oxidation sites excluding steroid dienone is 4. The van der Waals surface area contributed by atoms with Crippen molar-refractivity contribution in [2.45, 2.75) is 12.8 Å². The minimum Gasteiger partial charge on any atom is -0.498 e. The van der Waals surface area contributed by atoms with E-state index < -0.39 is 0 Å². The van der Waals surface area contributed by atoms with E-state index in [0.29, 0.717) is 5.92 Å². The lowest BCUT2D eigenvalue weighted by atomic mass is 9.96. The van der Waals surface area contributed by atoms with Crippen molar-refractivity contribution in [2.24, 2.45) is 11.7 Å². The van der Waals surface area contributed by atoms with Crippen LogP contribution in [-0.4, -0.2) is 6.61 Å². The van der Waals surface area contributed by atoms with Crippen molar-refractivity contribution in [1.29, 1.82) is 0 Å². The van der Waals surface area contributed by atoms with Crippen LogP contribution in [0.4, 0.5) is 0 Å². The largest absolute Gasteiger partial charge is 0.498 e. The fraction of sp³-hybridized carbons (Fsp3) is 0.500. The first-order valence-corrected chi connectivity index (χ1v) is 3.65. The smallest absolute Gasteiger partial charge is 0.0996 e. The first-order valence-electron chi connectivity index (χ1n) is 3.65. The minimum absolute atomic E-state index is 0.588. The predicted molar refractivity (Wildman–Crippen MR) is 39.0 cm³/mol. The number of rotatable bonds is 0. The van der Waals surface area contributed by atoms with Gasteiger partial charge in [-0.3, -0.25) is 0 Å². The summed E-state index contributed by atoms with van der Waals surface area (Å²) in [6.07, 6.45) is 6.07. The SMILES string of the molecule is NC1=CC=C2OCCC2C1. The van der Waals surface area contributed by atoms with Crippen LogP contribution in [0.1, 0.15) is 12.8 Å². The molecule has 1 atom stereocenters. The van der Waals surface area contributed by atoms with Crippen LogP contribution in [0.2, 0.25) is 0 Å². The summed E-state index contributed by atoms with van der Waals surface area (Å²) in [6, 6.07) is 0. The van der Waals surface area contributed by atoms with Gasteiger partial charge in [0, 0.05) is 11.6 Å². The van der Waals surface area contributed by atoms with Crippen molar-refractivity contribution in [1.82, 2.24) is 0 Å². The molecule has 10 heavy (non-hydrogen) atoms. The molecule has 0 radical (unpaired) electrons. The van der Waals surface area contributed by atoms with Crippen LogP contribution < -0.4 is 5.73 Å². The molecular weight excluding hydrogens is 126 g/mol. The van der Waals surface area contributed by atoms with Gasteiger partial charge in [-0.1, -0.05) is 0 Å². The molecule has 1 unspecified atom stereocenters. The van der Waals surface area contributed by atoms with Gasteiger partial charge in [-0.15, -0.1) is 0 Å². The summed E-state index contributed by atoms with van der Waals surface area (Å²) in [5, 5.41) is 0. The lowest BCUT2D eigenvalue weighted by Gasteiger charge is -2.13. The van der Waals surface area contributed by atoms with Gasteiger partial charge in [0.05, 0.1) is 12.4 Å². The molecule has 2 heteroatoms. The van der Waals surface area contributed by atoms with Crippen molar-refractivity contribution < 1.29 is 4.74 Å².